The molecule has 2 atom stereocenters. The van der Waals surface area contributed by atoms with Crippen LogP contribution in [-0.2, 0) is 9.53 Å². The average Bonchev–Trinajstić information content (AvgIpc) is 2.74. The van der Waals surface area contributed by atoms with Gasteiger partial charge in [-0.15, -0.1) is 0 Å². The number of ether oxygens (including phenoxy) is 1. The molecule has 1 aromatic carbocycles. The van der Waals surface area contributed by atoms with Crippen LogP contribution < -0.4 is 15.2 Å². The maximum Gasteiger partial charge on any atom is 0.426 e. The number of rotatable bonds is 4. The summed E-state index contributed by atoms with van der Waals surface area (Å²) in [6, 6.07) is 6.78. The van der Waals surface area contributed by atoms with E-state index in [2.05, 4.69) is 33.3 Å². The molecule has 0 saturated carbocycles. The predicted molar refractivity (Wildman–Crippen MR) is 110 cm³/mol. The summed E-state index contributed by atoms with van der Waals surface area (Å²) in [5, 5.41) is 15.2. The minimum atomic E-state index is -0.595. The van der Waals surface area contributed by atoms with E-state index >= 15 is 0 Å². The number of carbonyl (C=O) groups excluding carboxylic acids is 1. The molecule has 9 heteroatoms. The van der Waals surface area contributed by atoms with Crippen molar-refractivity contribution in [3.63, 3.8) is 0 Å². The second-order valence-electron chi connectivity index (χ2n) is 8.12. The number of nitrogens with zero attached hydrogens (tertiary/aromatic N) is 4. The van der Waals surface area contributed by atoms with Crippen LogP contribution in [0.1, 0.15) is 19.8 Å². The monoisotopic (exact) mass is 412 g/mol. The number of fused-ring (bicyclic) bond motifs is 1. The summed E-state index contributed by atoms with van der Waals surface area (Å²) in [7, 11) is 2.09. The van der Waals surface area contributed by atoms with E-state index < -0.39 is 11.0 Å². The highest BCUT2D eigenvalue weighted by Gasteiger charge is 2.34. The van der Waals surface area contributed by atoms with E-state index in [4.69, 9.17) is 4.74 Å². The highest BCUT2D eigenvalue weighted by atomic mass is 16.6. The fourth-order valence-corrected chi connectivity index (χ4v) is 4.25. The summed E-state index contributed by atoms with van der Waals surface area (Å²) in [6.07, 6.45) is 3.80. The van der Waals surface area contributed by atoms with Gasteiger partial charge in [-0.25, -0.2) is 0 Å². The number of likely N-dealkylation sites (tertiary alicyclic amines) is 1. The molecule has 3 heterocycles. The Bertz CT molecular complexity index is 944. The number of carbonyl (C=O) groups is 1. The Balaban J connectivity index is 1.54. The standard InChI is InChI=1S/C21H25N5O4/c1-14-12-25(13-19(30-14)21(27)23-15-7-10-24(2)11-8-15)17-5-6-18(26(28)29)20-16(17)4-3-9-22-20/h3-6,14-15,19H,7-8,10-13H2,1-2H3/p+1/t14-,19-/m1/s1. The van der Waals surface area contributed by atoms with E-state index in [1.807, 2.05) is 6.92 Å². The molecule has 2 fully saturated rings. The smallest absolute Gasteiger partial charge is 0.365 e. The van der Waals surface area contributed by atoms with Crippen LogP contribution in [0, 0.1) is 16.3 Å². The molecular weight excluding hydrogens is 386 g/mol. The number of benzene rings is 1. The van der Waals surface area contributed by atoms with Crippen LogP contribution in [0.4, 0.5) is 11.4 Å². The van der Waals surface area contributed by atoms with Crippen molar-refractivity contribution in [2.45, 2.75) is 38.0 Å². The number of anilines is 1. The molecule has 9 nitrogen and oxygen atoms in total. The quantitative estimate of drug-likeness (QED) is 0.589. The van der Waals surface area contributed by atoms with Crippen molar-refractivity contribution < 1.29 is 19.4 Å². The van der Waals surface area contributed by atoms with Gasteiger partial charge in [0.15, 0.2) is 6.10 Å². The third-order valence-electron chi connectivity index (χ3n) is 5.83. The molecule has 2 aliphatic rings. The van der Waals surface area contributed by atoms with Crippen LogP contribution >= 0.6 is 0 Å². The second kappa shape index (κ2) is 8.42. The number of hydrogen-bond donors (Lipinski definition) is 1. The topological polar surface area (TPSA) is 102 Å². The Morgan fingerprint density at radius 1 is 1.30 bits per heavy atom. The third kappa shape index (κ3) is 4.15. The predicted octanol–water partition coefficient (Wildman–Crippen LogP) is 0.952. The maximum atomic E-state index is 12.9. The van der Waals surface area contributed by atoms with E-state index in [0.29, 0.717) is 24.0 Å². The summed E-state index contributed by atoms with van der Waals surface area (Å²) in [5.74, 6) is -0.0984. The number of hydrogen-bond acceptors (Lipinski definition) is 6. The molecule has 2 aromatic rings. The zero-order valence-electron chi connectivity index (χ0n) is 17.2. The van der Waals surface area contributed by atoms with E-state index in [0.717, 1.165) is 31.6 Å². The van der Waals surface area contributed by atoms with Crippen molar-refractivity contribution in [2.75, 3.05) is 38.1 Å². The first-order valence-corrected chi connectivity index (χ1v) is 10.3. The van der Waals surface area contributed by atoms with E-state index in [1.165, 1.54) is 6.07 Å². The molecule has 2 saturated heterocycles. The van der Waals surface area contributed by atoms with Crippen molar-refractivity contribution in [2.24, 2.45) is 0 Å². The molecular formula is C21H26N5O4+. The SMILES string of the molecule is C[C@@H]1CN(c2ccc([N+](=O)[O-])c3[n+]#cccc23)C[C@H](C(=O)NC2CCN(C)CC2)O1. The molecule has 0 bridgehead atoms. The molecule has 1 aromatic heterocycles. The van der Waals surface area contributed by atoms with E-state index in [9.17, 15) is 14.9 Å². The van der Waals surface area contributed by atoms with Gasteiger partial charge in [0, 0.05) is 18.7 Å². The lowest BCUT2D eigenvalue weighted by Gasteiger charge is -2.38. The Morgan fingerprint density at radius 2 is 2.07 bits per heavy atom. The van der Waals surface area contributed by atoms with Gasteiger partial charge in [-0.05, 0) is 57.0 Å². The van der Waals surface area contributed by atoms with Gasteiger partial charge in [-0.1, -0.05) is 0 Å². The van der Waals surface area contributed by atoms with Gasteiger partial charge in [0.1, 0.15) is 0 Å². The minimum Gasteiger partial charge on any atom is -0.365 e. The molecule has 2 aliphatic heterocycles. The lowest BCUT2D eigenvalue weighted by molar-refractivity contribution is -0.390. The summed E-state index contributed by atoms with van der Waals surface area (Å²) < 4.78 is 5.94. The molecule has 0 spiro atoms. The van der Waals surface area contributed by atoms with Crippen LogP contribution in [0.3, 0.4) is 0 Å². The number of nitro groups is 1. The molecule has 0 unspecified atom stereocenters. The molecule has 158 valence electrons. The van der Waals surface area contributed by atoms with Crippen molar-refractivity contribution in [1.82, 2.24) is 10.2 Å². The number of morpholine rings is 1. The minimum absolute atomic E-state index is 0.0523. The first-order chi connectivity index (χ1) is 14.4. The van der Waals surface area contributed by atoms with Gasteiger partial charge < -0.3 is 19.9 Å². The van der Waals surface area contributed by atoms with Gasteiger partial charge in [0.2, 0.25) is 0 Å². The Hall–Kier alpha value is -2.96. The van der Waals surface area contributed by atoms with Crippen LogP contribution in [0.5, 0.6) is 0 Å². The van der Waals surface area contributed by atoms with Crippen molar-refractivity contribution in [1.29, 1.82) is 0 Å². The lowest BCUT2D eigenvalue weighted by atomic mass is 10.0. The highest BCUT2D eigenvalue weighted by Crippen LogP contribution is 2.32. The molecule has 30 heavy (non-hydrogen) atoms. The van der Waals surface area contributed by atoms with Gasteiger partial charge >= 0.3 is 17.4 Å². The number of non-ortho nitro benzene ring substituents is 1. The zero-order valence-corrected chi connectivity index (χ0v) is 17.2. The fourth-order valence-electron chi connectivity index (χ4n) is 4.25. The lowest BCUT2D eigenvalue weighted by Crippen LogP contribution is -2.55. The Morgan fingerprint density at radius 3 is 2.80 bits per heavy atom. The first-order valence-electron chi connectivity index (χ1n) is 10.3. The van der Waals surface area contributed by atoms with Gasteiger partial charge in [-0.2, -0.15) is 0 Å². The van der Waals surface area contributed by atoms with Crippen LogP contribution in [0.15, 0.2) is 24.3 Å². The van der Waals surface area contributed by atoms with Gasteiger partial charge in [0.05, 0.1) is 34.7 Å². The van der Waals surface area contributed by atoms with E-state index in [-0.39, 0.29) is 23.7 Å². The molecule has 4 rings (SSSR count). The summed E-state index contributed by atoms with van der Waals surface area (Å²) in [5.41, 5.74) is 1.05. The van der Waals surface area contributed by atoms with Crippen molar-refractivity contribution in [3.05, 3.63) is 40.6 Å². The maximum absolute atomic E-state index is 12.9. The third-order valence-corrected chi connectivity index (χ3v) is 5.83. The number of nitro benzene ring substituents is 1. The van der Waals surface area contributed by atoms with Crippen molar-refractivity contribution in [3.8, 4) is 0 Å². The van der Waals surface area contributed by atoms with Crippen LogP contribution in [-0.4, -0.2) is 67.2 Å². The first kappa shape index (κ1) is 20.3. The summed E-state index contributed by atoms with van der Waals surface area (Å²) in [4.78, 5) is 32.2. The molecule has 0 aliphatic carbocycles. The summed E-state index contributed by atoms with van der Waals surface area (Å²) >= 11 is 0. The highest BCUT2D eigenvalue weighted by molar-refractivity contribution is 5.95. The van der Waals surface area contributed by atoms with Gasteiger partial charge in [0.25, 0.3) is 5.91 Å². The fraction of sp³-hybridized carbons (Fsp3) is 0.524. The number of nitrogens with one attached hydrogen (secondary N) is 1. The van der Waals surface area contributed by atoms with Crippen LogP contribution in [0.2, 0.25) is 0 Å². The number of amides is 1. The van der Waals surface area contributed by atoms with Crippen molar-refractivity contribution >= 4 is 28.2 Å². The summed E-state index contributed by atoms with van der Waals surface area (Å²) in [6.45, 7) is 4.84. The normalized spacial score (nSPS) is 23.2. The molecule has 0 radical (unpaired) electrons. The molecule has 1 amide bonds. The molecule has 1 N–H and O–H groups in total. The average molecular weight is 412 g/mol. The largest absolute Gasteiger partial charge is 0.426 e. The van der Waals surface area contributed by atoms with Crippen LogP contribution in [0.25, 0.3) is 10.9 Å². The van der Waals surface area contributed by atoms with Gasteiger partial charge in [-0.3, -0.25) is 14.9 Å². The Labute approximate surface area is 175 Å². The Kier molecular flexibility index (Phi) is 5.70. The zero-order chi connectivity index (χ0) is 21.3. The second-order valence-corrected chi connectivity index (χ2v) is 8.12. The number of aromatic nitrogens is 1. The van der Waals surface area contributed by atoms with E-state index in [1.54, 1.807) is 18.2 Å². The number of piperidine rings is 1.